The third-order valence-electron chi connectivity index (χ3n) is 5.38. The molecule has 3 aromatic rings. The number of hydrogen-bond donors (Lipinski definition) is 1. The lowest BCUT2D eigenvalue weighted by Crippen LogP contribution is -2.27. The highest BCUT2D eigenvalue weighted by atomic mass is 32.2. The Balaban J connectivity index is 1.37. The van der Waals surface area contributed by atoms with Gasteiger partial charge in [0, 0.05) is 18.8 Å². The maximum Gasteiger partial charge on any atom is 0.264 e. The van der Waals surface area contributed by atoms with E-state index in [9.17, 15) is 13.2 Å². The minimum atomic E-state index is -3.72. The molecule has 178 valence electrons. The molecule has 3 aromatic carbocycles. The molecule has 1 amide bonds. The topological polar surface area (TPSA) is 94.2 Å². The van der Waals surface area contributed by atoms with Crippen LogP contribution in [0.15, 0.2) is 65.6 Å². The summed E-state index contributed by atoms with van der Waals surface area (Å²) in [6.07, 6.45) is 0. The van der Waals surface area contributed by atoms with Crippen molar-refractivity contribution in [2.45, 2.75) is 18.7 Å². The molecule has 0 unspecified atom stereocenters. The minimum absolute atomic E-state index is 0.204. The zero-order valence-corrected chi connectivity index (χ0v) is 20.0. The van der Waals surface area contributed by atoms with E-state index >= 15 is 0 Å². The fraction of sp³-hybridized carbons (Fsp3) is 0.240. The van der Waals surface area contributed by atoms with Gasteiger partial charge in [-0.2, -0.15) is 0 Å². The lowest BCUT2D eigenvalue weighted by Gasteiger charge is -2.21. The first-order valence-corrected chi connectivity index (χ1v) is 12.2. The zero-order chi connectivity index (χ0) is 24.3. The predicted octanol–water partition coefficient (Wildman–Crippen LogP) is 3.92. The average Bonchev–Trinajstić information content (AvgIpc) is 2.84. The van der Waals surface area contributed by atoms with E-state index in [-0.39, 0.29) is 17.4 Å². The number of hydrogen-bond acceptors (Lipinski definition) is 6. The second kappa shape index (κ2) is 9.64. The Kier molecular flexibility index (Phi) is 6.65. The fourth-order valence-corrected chi connectivity index (χ4v) is 4.99. The molecule has 9 heteroatoms. The van der Waals surface area contributed by atoms with Gasteiger partial charge in [0.05, 0.1) is 10.6 Å². The SMILES string of the molecule is Cc1ccc(C)c(S(=O)(=O)N(C)c2ccc(OCC(=O)Nc3ccc4c(c3)OCCO4)cc2)c1. The van der Waals surface area contributed by atoms with Gasteiger partial charge in [0.15, 0.2) is 18.1 Å². The van der Waals surface area contributed by atoms with E-state index in [1.807, 2.05) is 13.0 Å². The summed E-state index contributed by atoms with van der Waals surface area (Å²) >= 11 is 0. The molecule has 0 atom stereocenters. The molecule has 34 heavy (non-hydrogen) atoms. The molecular formula is C25H26N2O6S. The van der Waals surface area contributed by atoms with Crippen molar-refractivity contribution in [1.82, 2.24) is 0 Å². The summed E-state index contributed by atoms with van der Waals surface area (Å²) in [6, 6.07) is 17.0. The maximum atomic E-state index is 13.1. The van der Waals surface area contributed by atoms with Crippen LogP contribution in [0.4, 0.5) is 11.4 Å². The number of carbonyl (C=O) groups excluding carboxylic acids is 1. The van der Waals surface area contributed by atoms with E-state index in [4.69, 9.17) is 14.2 Å². The molecule has 0 saturated heterocycles. The normalized spacial score (nSPS) is 12.7. The van der Waals surface area contributed by atoms with Crippen molar-refractivity contribution in [3.8, 4) is 17.2 Å². The van der Waals surface area contributed by atoms with Crippen molar-refractivity contribution >= 4 is 27.3 Å². The molecule has 0 fully saturated rings. The van der Waals surface area contributed by atoms with Crippen LogP contribution in [0.25, 0.3) is 0 Å². The number of amides is 1. The molecule has 4 rings (SSSR count). The van der Waals surface area contributed by atoms with E-state index in [0.29, 0.717) is 47.4 Å². The van der Waals surface area contributed by atoms with E-state index in [1.165, 1.54) is 11.4 Å². The van der Waals surface area contributed by atoms with Gasteiger partial charge in [0.1, 0.15) is 19.0 Å². The van der Waals surface area contributed by atoms with E-state index in [1.54, 1.807) is 61.5 Å². The lowest BCUT2D eigenvalue weighted by atomic mass is 10.2. The number of sulfonamides is 1. The van der Waals surface area contributed by atoms with E-state index < -0.39 is 10.0 Å². The van der Waals surface area contributed by atoms with Crippen LogP contribution < -0.4 is 23.8 Å². The van der Waals surface area contributed by atoms with Crippen LogP contribution >= 0.6 is 0 Å². The molecule has 1 heterocycles. The average molecular weight is 483 g/mol. The molecule has 1 aliphatic rings. The van der Waals surface area contributed by atoms with Gasteiger partial charge in [-0.25, -0.2) is 8.42 Å². The van der Waals surface area contributed by atoms with E-state index in [0.717, 1.165) is 5.56 Å². The third-order valence-corrected chi connectivity index (χ3v) is 7.31. The minimum Gasteiger partial charge on any atom is -0.486 e. The Bertz CT molecular complexity index is 1310. The van der Waals surface area contributed by atoms with Crippen LogP contribution in [0, 0.1) is 13.8 Å². The second-order valence-electron chi connectivity index (χ2n) is 7.93. The number of benzene rings is 3. The van der Waals surface area contributed by atoms with Crippen molar-refractivity contribution < 1.29 is 27.4 Å². The lowest BCUT2D eigenvalue weighted by molar-refractivity contribution is -0.118. The molecule has 0 bridgehead atoms. The van der Waals surface area contributed by atoms with Crippen LogP contribution in [0.5, 0.6) is 17.2 Å². The summed E-state index contributed by atoms with van der Waals surface area (Å²) in [5.74, 6) is 1.33. The number of anilines is 2. The molecule has 0 aromatic heterocycles. The van der Waals surface area contributed by atoms with Gasteiger partial charge in [-0.15, -0.1) is 0 Å². The van der Waals surface area contributed by atoms with Crippen LogP contribution in [0.2, 0.25) is 0 Å². The molecule has 0 radical (unpaired) electrons. The summed E-state index contributed by atoms with van der Waals surface area (Å²) < 4.78 is 44.0. The first-order valence-electron chi connectivity index (χ1n) is 10.7. The van der Waals surface area contributed by atoms with Crippen LogP contribution in [0.3, 0.4) is 0 Å². The Morgan fingerprint density at radius 3 is 2.41 bits per heavy atom. The number of carbonyl (C=O) groups is 1. The third kappa shape index (κ3) is 5.09. The number of fused-ring (bicyclic) bond motifs is 1. The Hall–Kier alpha value is -3.72. The van der Waals surface area contributed by atoms with Crippen LogP contribution in [0.1, 0.15) is 11.1 Å². The Morgan fingerprint density at radius 1 is 0.971 bits per heavy atom. The van der Waals surface area contributed by atoms with Crippen molar-refractivity contribution in [3.63, 3.8) is 0 Å². The summed E-state index contributed by atoms with van der Waals surface area (Å²) in [5, 5.41) is 2.75. The standard InChI is InChI=1S/C25H26N2O6S/c1-17-4-5-18(2)24(14-17)34(29,30)27(3)20-7-9-21(10-8-20)33-16-25(28)26-19-6-11-22-23(15-19)32-13-12-31-22/h4-11,14-15H,12-13,16H2,1-3H3,(H,26,28). The van der Waals surface area contributed by atoms with Crippen molar-refractivity contribution in [3.05, 3.63) is 71.8 Å². The summed E-state index contributed by atoms with van der Waals surface area (Å²) in [5.41, 5.74) is 2.61. The highest BCUT2D eigenvalue weighted by Gasteiger charge is 2.23. The molecule has 0 spiro atoms. The molecular weight excluding hydrogens is 456 g/mol. The molecule has 0 aliphatic carbocycles. The van der Waals surface area contributed by atoms with Crippen molar-refractivity contribution in [1.29, 1.82) is 0 Å². The largest absolute Gasteiger partial charge is 0.486 e. The van der Waals surface area contributed by atoms with Gasteiger partial charge >= 0.3 is 0 Å². The van der Waals surface area contributed by atoms with Gasteiger partial charge in [0.25, 0.3) is 15.9 Å². The first-order chi connectivity index (χ1) is 16.2. The van der Waals surface area contributed by atoms with Crippen LogP contribution in [-0.2, 0) is 14.8 Å². The zero-order valence-electron chi connectivity index (χ0n) is 19.2. The van der Waals surface area contributed by atoms with E-state index in [2.05, 4.69) is 5.32 Å². The van der Waals surface area contributed by atoms with Gasteiger partial charge < -0.3 is 19.5 Å². The number of nitrogens with one attached hydrogen (secondary N) is 1. The summed E-state index contributed by atoms with van der Waals surface area (Å²) in [6.45, 7) is 4.38. The number of aryl methyl sites for hydroxylation is 2. The predicted molar refractivity (Wildman–Crippen MR) is 130 cm³/mol. The number of ether oxygens (including phenoxy) is 3. The van der Waals surface area contributed by atoms with Gasteiger partial charge in [-0.1, -0.05) is 12.1 Å². The van der Waals surface area contributed by atoms with Gasteiger partial charge in [-0.05, 0) is 67.4 Å². The number of nitrogens with zero attached hydrogens (tertiary/aromatic N) is 1. The maximum absolute atomic E-state index is 13.1. The smallest absolute Gasteiger partial charge is 0.264 e. The summed E-state index contributed by atoms with van der Waals surface area (Å²) in [4.78, 5) is 12.6. The molecule has 1 aliphatic heterocycles. The van der Waals surface area contributed by atoms with Crippen molar-refractivity contribution in [2.24, 2.45) is 0 Å². The Morgan fingerprint density at radius 2 is 1.68 bits per heavy atom. The first kappa shape index (κ1) is 23.4. The van der Waals surface area contributed by atoms with Gasteiger partial charge in [-0.3, -0.25) is 9.10 Å². The molecule has 8 nitrogen and oxygen atoms in total. The highest BCUT2D eigenvalue weighted by molar-refractivity contribution is 7.92. The molecule has 0 saturated carbocycles. The molecule has 1 N–H and O–H groups in total. The highest BCUT2D eigenvalue weighted by Crippen LogP contribution is 2.32. The van der Waals surface area contributed by atoms with Gasteiger partial charge in [0.2, 0.25) is 0 Å². The Labute approximate surface area is 199 Å². The second-order valence-corrected chi connectivity index (χ2v) is 9.87. The summed E-state index contributed by atoms with van der Waals surface area (Å²) in [7, 11) is -2.21. The van der Waals surface area contributed by atoms with Crippen molar-refractivity contribution in [2.75, 3.05) is 36.5 Å². The quantitative estimate of drug-likeness (QED) is 0.549. The number of rotatable bonds is 7. The van der Waals surface area contributed by atoms with Crippen LogP contribution in [-0.4, -0.2) is 41.2 Å². The monoisotopic (exact) mass is 482 g/mol. The fourth-order valence-electron chi connectivity index (χ4n) is 3.49.